The summed E-state index contributed by atoms with van der Waals surface area (Å²) in [6, 6.07) is 8.60. The van der Waals surface area contributed by atoms with Crippen LogP contribution in [0.2, 0.25) is 0 Å². The molecule has 0 radical (unpaired) electrons. The highest BCUT2D eigenvalue weighted by Gasteiger charge is 2.18. The molecule has 1 aliphatic rings. The summed E-state index contributed by atoms with van der Waals surface area (Å²) in [5.74, 6) is 0. The molecule has 1 aliphatic heterocycles. The molecule has 0 saturated carbocycles. The first-order valence-electron chi connectivity index (χ1n) is 5.93. The summed E-state index contributed by atoms with van der Waals surface area (Å²) in [7, 11) is 0. The molecular weight excluding hydrogens is 218 g/mol. The lowest BCUT2D eigenvalue weighted by atomic mass is 10.2. The maximum atomic E-state index is 8.94. The van der Waals surface area contributed by atoms with Crippen LogP contribution >= 0.6 is 11.8 Å². The second kappa shape index (κ2) is 5.60. The standard InChI is InChI=1S/C13H19NOS/c1-11-7-9-14(8-4-10-15)12-5-2-3-6-13(12)16-11/h2-3,5-6,11,15H,4,7-10H2,1H3. The fourth-order valence-corrected chi connectivity index (χ4v) is 3.18. The zero-order valence-corrected chi connectivity index (χ0v) is 10.5. The highest BCUT2D eigenvalue weighted by molar-refractivity contribution is 8.00. The number of rotatable bonds is 3. The molecule has 0 fully saturated rings. The number of fused-ring (bicyclic) bond motifs is 1. The molecule has 0 saturated heterocycles. The zero-order chi connectivity index (χ0) is 11.4. The lowest BCUT2D eigenvalue weighted by Crippen LogP contribution is -2.26. The normalized spacial score (nSPS) is 20.4. The van der Waals surface area contributed by atoms with Crippen LogP contribution in [0.25, 0.3) is 0 Å². The summed E-state index contributed by atoms with van der Waals surface area (Å²) in [5.41, 5.74) is 1.34. The Hall–Kier alpha value is -0.670. The van der Waals surface area contributed by atoms with Crippen LogP contribution in [0.1, 0.15) is 19.8 Å². The van der Waals surface area contributed by atoms with E-state index in [0.717, 1.165) is 19.5 Å². The van der Waals surface area contributed by atoms with Gasteiger partial charge in [-0.2, -0.15) is 0 Å². The van der Waals surface area contributed by atoms with Gasteiger partial charge in [-0.15, -0.1) is 11.8 Å². The van der Waals surface area contributed by atoms with Gasteiger partial charge in [0.25, 0.3) is 0 Å². The van der Waals surface area contributed by atoms with Gasteiger partial charge < -0.3 is 10.0 Å². The number of hydrogen-bond donors (Lipinski definition) is 1. The van der Waals surface area contributed by atoms with Gasteiger partial charge in [0.2, 0.25) is 0 Å². The fraction of sp³-hybridized carbons (Fsp3) is 0.538. The molecule has 0 amide bonds. The number of para-hydroxylation sites is 1. The zero-order valence-electron chi connectivity index (χ0n) is 9.72. The van der Waals surface area contributed by atoms with Crippen LogP contribution in [-0.4, -0.2) is 30.1 Å². The van der Waals surface area contributed by atoms with Crippen LogP contribution in [-0.2, 0) is 0 Å². The van der Waals surface area contributed by atoms with Gasteiger partial charge in [-0.05, 0) is 25.0 Å². The smallest absolute Gasteiger partial charge is 0.0504 e. The van der Waals surface area contributed by atoms with E-state index in [1.165, 1.54) is 17.0 Å². The van der Waals surface area contributed by atoms with Crippen molar-refractivity contribution in [2.75, 3.05) is 24.6 Å². The number of aliphatic hydroxyl groups is 1. The predicted molar refractivity (Wildman–Crippen MR) is 70.3 cm³/mol. The van der Waals surface area contributed by atoms with Crippen LogP contribution in [0.4, 0.5) is 5.69 Å². The molecule has 88 valence electrons. The van der Waals surface area contributed by atoms with Crippen molar-refractivity contribution >= 4 is 17.4 Å². The molecule has 1 aromatic rings. The van der Waals surface area contributed by atoms with Crippen molar-refractivity contribution in [1.82, 2.24) is 0 Å². The molecule has 3 heteroatoms. The van der Waals surface area contributed by atoms with E-state index in [4.69, 9.17) is 5.11 Å². The summed E-state index contributed by atoms with van der Waals surface area (Å²) in [6.07, 6.45) is 2.07. The minimum Gasteiger partial charge on any atom is -0.396 e. The van der Waals surface area contributed by atoms with Crippen molar-refractivity contribution < 1.29 is 5.11 Å². The van der Waals surface area contributed by atoms with Gasteiger partial charge in [0.05, 0.1) is 5.69 Å². The van der Waals surface area contributed by atoms with Crippen molar-refractivity contribution in [2.24, 2.45) is 0 Å². The maximum Gasteiger partial charge on any atom is 0.0504 e. The van der Waals surface area contributed by atoms with E-state index in [9.17, 15) is 0 Å². The summed E-state index contributed by atoms with van der Waals surface area (Å²) >= 11 is 1.97. The summed E-state index contributed by atoms with van der Waals surface area (Å²) in [4.78, 5) is 3.78. The van der Waals surface area contributed by atoms with Gasteiger partial charge >= 0.3 is 0 Å². The molecule has 2 nitrogen and oxygen atoms in total. The average molecular weight is 237 g/mol. The molecular formula is C13H19NOS. The van der Waals surface area contributed by atoms with Gasteiger partial charge in [-0.25, -0.2) is 0 Å². The molecule has 0 spiro atoms. The third-order valence-electron chi connectivity index (χ3n) is 2.93. The predicted octanol–water partition coefficient (Wildman–Crippen LogP) is 2.76. The van der Waals surface area contributed by atoms with Gasteiger partial charge in [0.1, 0.15) is 0 Å². The Labute approximate surface area is 102 Å². The average Bonchev–Trinajstić information content (AvgIpc) is 2.45. The molecule has 1 unspecified atom stereocenters. The first-order valence-corrected chi connectivity index (χ1v) is 6.80. The van der Waals surface area contributed by atoms with Crippen LogP contribution in [0.3, 0.4) is 0 Å². The molecule has 2 rings (SSSR count). The second-order valence-corrected chi connectivity index (χ2v) is 5.73. The molecule has 0 aliphatic carbocycles. The van der Waals surface area contributed by atoms with E-state index in [1.807, 2.05) is 11.8 Å². The Morgan fingerprint density at radius 3 is 3.06 bits per heavy atom. The Kier molecular flexibility index (Phi) is 4.13. The third-order valence-corrected chi connectivity index (χ3v) is 4.16. The lowest BCUT2D eigenvalue weighted by Gasteiger charge is -2.24. The van der Waals surface area contributed by atoms with Gasteiger partial charge in [0.15, 0.2) is 0 Å². The van der Waals surface area contributed by atoms with Gasteiger partial charge in [0, 0.05) is 29.8 Å². The molecule has 0 bridgehead atoms. The highest BCUT2D eigenvalue weighted by Crippen LogP contribution is 2.37. The van der Waals surface area contributed by atoms with E-state index in [0.29, 0.717) is 5.25 Å². The molecule has 1 heterocycles. The fourth-order valence-electron chi connectivity index (χ4n) is 2.05. The number of aliphatic hydroxyl groups excluding tert-OH is 1. The van der Waals surface area contributed by atoms with E-state index >= 15 is 0 Å². The minimum absolute atomic E-state index is 0.279. The highest BCUT2D eigenvalue weighted by atomic mass is 32.2. The van der Waals surface area contributed by atoms with Crippen molar-refractivity contribution in [2.45, 2.75) is 29.9 Å². The quantitative estimate of drug-likeness (QED) is 0.874. The van der Waals surface area contributed by atoms with Gasteiger partial charge in [-0.3, -0.25) is 0 Å². The maximum absolute atomic E-state index is 8.94. The van der Waals surface area contributed by atoms with Crippen LogP contribution in [0.15, 0.2) is 29.2 Å². The number of nitrogens with zero attached hydrogens (tertiary/aromatic N) is 1. The molecule has 0 aromatic heterocycles. The molecule has 16 heavy (non-hydrogen) atoms. The first-order chi connectivity index (χ1) is 7.81. The topological polar surface area (TPSA) is 23.5 Å². The number of benzene rings is 1. The summed E-state index contributed by atoms with van der Waals surface area (Å²) in [6.45, 7) is 4.63. The second-order valence-electron chi connectivity index (χ2n) is 4.25. The molecule has 1 aromatic carbocycles. The van der Waals surface area contributed by atoms with Crippen LogP contribution < -0.4 is 4.90 Å². The minimum atomic E-state index is 0.279. The van der Waals surface area contributed by atoms with Crippen LogP contribution in [0.5, 0.6) is 0 Å². The monoisotopic (exact) mass is 237 g/mol. The van der Waals surface area contributed by atoms with Crippen LogP contribution in [0, 0.1) is 0 Å². The van der Waals surface area contributed by atoms with Crippen molar-refractivity contribution in [3.8, 4) is 0 Å². The van der Waals surface area contributed by atoms with E-state index in [-0.39, 0.29) is 6.61 Å². The van der Waals surface area contributed by atoms with Gasteiger partial charge in [-0.1, -0.05) is 19.1 Å². The van der Waals surface area contributed by atoms with Crippen molar-refractivity contribution in [3.05, 3.63) is 24.3 Å². The summed E-state index contributed by atoms with van der Waals surface area (Å²) in [5, 5.41) is 9.62. The Morgan fingerprint density at radius 1 is 1.44 bits per heavy atom. The number of anilines is 1. The lowest BCUT2D eigenvalue weighted by molar-refractivity contribution is 0.289. The SMILES string of the molecule is CC1CCN(CCCO)c2ccccc2S1. The van der Waals surface area contributed by atoms with E-state index in [2.05, 4.69) is 36.1 Å². The van der Waals surface area contributed by atoms with E-state index < -0.39 is 0 Å². The largest absolute Gasteiger partial charge is 0.396 e. The Balaban J connectivity index is 2.20. The Bertz CT molecular complexity index is 342. The van der Waals surface area contributed by atoms with Crippen molar-refractivity contribution in [1.29, 1.82) is 0 Å². The summed E-state index contributed by atoms with van der Waals surface area (Å²) < 4.78 is 0. The van der Waals surface area contributed by atoms with Crippen molar-refractivity contribution in [3.63, 3.8) is 0 Å². The third kappa shape index (κ3) is 2.71. The number of hydrogen-bond acceptors (Lipinski definition) is 3. The molecule has 1 atom stereocenters. The van der Waals surface area contributed by atoms with E-state index in [1.54, 1.807) is 0 Å². The Morgan fingerprint density at radius 2 is 2.25 bits per heavy atom. The number of thioether (sulfide) groups is 1. The molecule has 1 N–H and O–H groups in total. The first kappa shape index (κ1) is 11.8.